The second-order valence-corrected chi connectivity index (χ2v) is 6.62. The Kier molecular flexibility index (Phi) is 4.67. The van der Waals surface area contributed by atoms with Crippen LogP contribution in [0.25, 0.3) is 0 Å². The van der Waals surface area contributed by atoms with Crippen LogP contribution in [0.5, 0.6) is 5.75 Å². The van der Waals surface area contributed by atoms with E-state index in [1.807, 2.05) is 12.1 Å². The molecular formula is C18H25NO3. The Morgan fingerprint density at radius 2 is 1.95 bits per heavy atom. The summed E-state index contributed by atoms with van der Waals surface area (Å²) >= 11 is 0. The van der Waals surface area contributed by atoms with Crippen molar-refractivity contribution in [2.24, 2.45) is 17.8 Å². The third-order valence-corrected chi connectivity index (χ3v) is 5.27. The highest BCUT2D eigenvalue weighted by Crippen LogP contribution is 2.47. The Hall–Kier alpha value is -1.55. The summed E-state index contributed by atoms with van der Waals surface area (Å²) in [4.78, 5) is 13.5. The molecule has 3 rings (SSSR count). The molecule has 1 saturated heterocycles. The smallest absolute Gasteiger partial charge is 0.306 e. The van der Waals surface area contributed by atoms with Crippen molar-refractivity contribution in [3.63, 3.8) is 0 Å². The van der Waals surface area contributed by atoms with Gasteiger partial charge in [-0.3, -0.25) is 4.79 Å². The third-order valence-electron chi connectivity index (χ3n) is 5.27. The van der Waals surface area contributed by atoms with Crippen molar-refractivity contribution in [3.05, 3.63) is 29.8 Å². The summed E-state index contributed by atoms with van der Waals surface area (Å²) in [7, 11) is 1.69. The molecule has 0 amide bonds. The molecule has 1 aliphatic carbocycles. The van der Waals surface area contributed by atoms with Crippen LogP contribution in [0.2, 0.25) is 0 Å². The number of hydrogen-bond acceptors (Lipinski definition) is 3. The number of carboxylic acids is 1. The molecular weight excluding hydrogens is 278 g/mol. The van der Waals surface area contributed by atoms with Gasteiger partial charge in [0.25, 0.3) is 0 Å². The minimum absolute atomic E-state index is 0.0455. The Bertz CT molecular complexity index is 506. The van der Waals surface area contributed by atoms with Gasteiger partial charge < -0.3 is 14.7 Å². The van der Waals surface area contributed by atoms with Gasteiger partial charge in [-0.25, -0.2) is 0 Å². The van der Waals surface area contributed by atoms with Gasteiger partial charge in [0, 0.05) is 6.54 Å². The second kappa shape index (κ2) is 6.69. The minimum Gasteiger partial charge on any atom is -0.497 e. The number of benzene rings is 1. The number of ether oxygens (including phenoxy) is 1. The topological polar surface area (TPSA) is 49.8 Å². The number of aliphatic carboxylic acids is 1. The number of carbonyl (C=O) groups is 1. The zero-order chi connectivity index (χ0) is 15.5. The van der Waals surface area contributed by atoms with Crippen LogP contribution in [0.4, 0.5) is 0 Å². The SMILES string of the molecule is COc1ccc(CCN2CCC([C@@H]3C[C@H]3C(=O)O)CC2)cc1. The maximum atomic E-state index is 11.0. The van der Waals surface area contributed by atoms with Crippen LogP contribution in [-0.4, -0.2) is 42.7 Å². The first-order valence-electron chi connectivity index (χ1n) is 8.25. The molecule has 4 nitrogen and oxygen atoms in total. The number of rotatable bonds is 6. The monoisotopic (exact) mass is 303 g/mol. The summed E-state index contributed by atoms with van der Waals surface area (Å²) in [5.41, 5.74) is 1.34. The number of methoxy groups -OCH3 is 1. The number of nitrogens with zero attached hydrogens (tertiary/aromatic N) is 1. The molecule has 0 radical (unpaired) electrons. The van der Waals surface area contributed by atoms with Gasteiger partial charge in [-0.1, -0.05) is 12.1 Å². The van der Waals surface area contributed by atoms with Gasteiger partial charge in [0.2, 0.25) is 0 Å². The maximum absolute atomic E-state index is 11.0. The van der Waals surface area contributed by atoms with Crippen molar-refractivity contribution in [3.8, 4) is 5.75 Å². The van der Waals surface area contributed by atoms with Gasteiger partial charge in [0.05, 0.1) is 13.0 Å². The molecule has 22 heavy (non-hydrogen) atoms. The average molecular weight is 303 g/mol. The minimum atomic E-state index is -0.591. The van der Waals surface area contributed by atoms with E-state index in [2.05, 4.69) is 17.0 Å². The van der Waals surface area contributed by atoms with Crippen LogP contribution in [-0.2, 0) is 11.2 Å². The van der Waals surface area contributed by atoms with E-state index in [-0.39, 0.29) is 5.92 Å². The van der Waals surface area contributed by atoms with Crippen LogP contribution >= 0.6 is 0 Å². The first-order chi connectivity index (χ1) is 10.7. The molecule has 1 aromatic rings. The maximum Gasteiger partial charge on any atom is 0.306 e. The lowest BCUT2D eigenvalue weighted by molar-refractivity contribution is -0.139. The zero-order valence-corrected chi connectivity index (χ0v) is 13.2. The van der Waals surface area contributed by atoms with E-state index in [9.17, 15) is 4.79 Å². The zero-order valence-electron chi connectivity index (χ0n) is 13.2. The van der Waals surface area contributed by atoms with Crippen molar-refractivity contribution in [2.45, 2.75) is 25.7 Å². The first-order valence-corrected chi connectivity index (χ1v) is 8.25. The fourth-order valence-electron chi connectivity index (χ4n) is 3.70. The van der Waals surface area contributed by atoms with E-state index in [0.29, 0.717) is 11.8 Å². The highest BCUT2D eigenvalue weighted by Gasteiger charge is 2.48. The summed E-state index contributed by atoms with van der Waals surface area (Å²) in [5.74, 6) is 1.37. The van der Waals surface area contributed by atoms with Crippen molar-refractivity contribution in [1.29, 1.82) is 0 Å². The third kappa shape index (κ3) is 3.61. The highest BCUT2D eigenvalue weighted by atomic mass is 16.5. The largest absolute Gasteiger partial charge is 0.497 e. The van der Waals surface area contributed by atoms with Gasteiger partial charge in [-0.2, -0.15) is 0 Å². The van der Waals surface area contributed by atoms with Gasteiger partial charge in [0.1, 0.15) is 5.75 Å². The van der Waals surface area contributed by atoms with Crippen LogP contribution in [0.3, 0.4) is 0 Å². The molecule has 2 fully saturated rings. The summed E-state index contributed by atoms with van der Waals surface area (Å²) in [6, 6.07) is 8.29. The van der Waals surface area contributed by atoms with E-state index in [0.717, 1.165) is 51.1 Å². The summed E-state index contributed by atoms with van der Waals surface area (Å²) < 4.78 is 5.18. The molecule has 0 aromatic heterocycles. The van der Waals surface area contributed by atoms with Crippen molar-refractivity contribution < 1.29 is 14.6 Å². The average Bonchev–Trinajstić information content (AvgIpc) is 3.35. The molecule has 1 heterocycles. The molecule has 1 aromatic carbocycles. The summed E-state index contributed by atoms with van der Waals surface area (Å²) in [6.07, 6.45) is 4.30. The molecule has 120 valence electrons. The highest BCUT2D eigenvalue weighted by molar-refractivity contribution is 5.73. The Morgan fingerprint density at radius 1 is 1.27 bits per heavy atom. The lowest BCUT2D eigenvalue weighted by Crippen LogP contribution is -2.36. The molecule has 2 aliphatic rings. The predicted octanol–water partition coefficient (Wildman–Crippen LogP) is 2.67. The molecule has 1 saturated carbocycles. The van der Waals surface area contributed by atoms with Crippen molar-refractivity contribution in [1.82, 2.24) is 4.90 Å². The summed E-state index contributed by atoms with van der Waals surface area (Å²) in [5, 5.41) is 9.03. The van der Waals surface area contributed by atoms with Crippen molar-refractivity contribution in [2.75, 3.05) is 26.7 Å². The second-order valence-electron chi connectivity index (χ2n) is 6.62. The van der Waals surface area contributed by atoms with Crippen LogP contribution < -0.4 is 4.74 Å². The lowest BCUT2D eigenvalue weighted by atomic mass is 9.90. The van der Waals surface area contributed by atoms with Gasteiger partial charge in [0.15, 0.2) is 0 Å². The van der Waals surface area contributed by atoms with Crippen LogP contribution in [0.15, 0.2) is 24.3 Å². The fourth-order valence-corrected chi connectivity index (χ4v) is 3.70. The Balaban J connectivity index is 1.39. The number of carboxylic acid groups (broad SMARTS) is 1. The van der Waals surface area contributed by atoms with E-state index in [1.54, 1.807) is 7.11 Å². The van der Waals surface area contributed by atoms with E-state index < -0.39 is 5.97 Å². The molecule has 0 bridgehead atoms. The Labute approximate surface area is 132 Å². The van der Waals surface area contributed by atoms with E-state index in [1.165, 1.54) is 5.56 Å². The molecule has 2 atom stereocenters. The molecule has 4 heteroatoms. The van der Waals surface area contributed by atoms with Crippen LogP contribution in [0.1, 0.15) is 24.8 Å². The lowest BCUT2D eigenvalue weighted by Gasteiger charge is -2.32. The first kappa shape index (κ1) is 15.3. The number of piperidine rings is 1. The normalized spacial score (nSPS) is 25.9. The molecule has 0 spiro atoms. The van der Waals surface area contributed by atoms with Crippen molar-refractivity contribution >= 4 is 5.97 Å². The quantitative estimate of drug-likeness (QED) is 0.878. The predicted molar refractivity (Wildman–Crippen MR) is 85.1 cm³/mol. The van der Waals surface area contributed by atoms with Gasteiger partial charge >= 0.3 is 5.97 Å². The number of hydrogen-bond donors (Lipinski definition) is 1. The van der Waals surface area contributed by atoms with E-state index in [4.69, 9.17) is 9.84 Å². The fraction of sp³-hybridized carbons (Fsp3) is 0.611. The molecule has 1 aliphatic heterocycles. The summed E-state index contributed by atoms with van der Waals surface area (Å²) in [6.45, 7) is 3.32. The molecule has 1 N–H and O–H groups in total. The van der Waals surface area contributed by atoms with Crippen LogP contribution in [0, 0.1) is 17.8 Å². The standard InChI is InChI=1S/C18H25NO3/c1-22-15-4-2-13(3-5-15)6-9-19-10-7-14(8-11-19)16-12-17(16)18(20)21/h2-5,14,16-17H,6-12H2,1H3,(H,20,21)/t16-,17+/m0/s1. The number of likely N-dealkylation sites (tertiary alicyclic amines) is 1. The molecule has 0 unspecified atom stereocenters. The van der Waals surface area contributed by atoms with E-state index >= 15 is 0 Å². The van der Waals surface area contributed by atoms with Gasteiger partial charge in [-0.15, -0.1) is 0 Å². The van der Waals surface area contributed by atoms with Gasteiger partial charge in [-0.05, 0) is 68.3 Å². The Morgan fingerprint density at radius 3 is 2.50 bits per heavy atom.